The Labute approximate surface area is 226 Å². The molecule has 0 saturated heterocycles. The summed E-state index contributed by atoms with van der Waals surface area (Å²) in [5.41, 5.74) is 4.16. The normalized spacial score (nSPS) is 11.9. The van der Waals surface area contributed by atoms with Gasteiger partial charge in [0.2, 0.25) is 0 Å². The Morgan fingerprint density at radius 2 is 1.68 bits per heavy atom. The fourth-order valence-electron chi connectivity index (χ4n) is 4.58. The van der Waals surface area contributed by atoms with Crippen molar-refractivity contribution in [2.75, 3.05) is 20.3 Å². The van der Waals surface area contributed by atoms with Crippen molar-refractivity contribution in [3.8, 4) is 11.5 Å². The number of fused-ring (bicyclic) bond motifs is 1. The smallest absolute Gasteiger partial charge is 0.251 e. The van der Waals surface area contributed by atoms with Gasteiger partial charge in [-0.2, -0.15) is 0 Å². The number of rotatable bonds is 14. The fraction of sp³-hybridized carbons (Fsp3) is 0.375. The molecule has 0 aliphatic carbocycles. The van der Waals surface area contributed by atoms with Gasteiger partial charge in [0.1, 0.15) is 23.9 Å². The van der Waals surface area contributed by atoms with E-state index in [9.17, 15) is 4.79 Å². The molecule has 0 spiro atoms. The number of benzene rings is 3. The van der Waals surface area contributed by atoms with Crippen LogP contribution in [0.2, 0.25) is 0 Å². The fourth-order valence-corrected chi connectivity index (χ4v) is 4.58. The van der Waals surface area contributed by atoms with Gasteiger partial charge in [-0.1, -0.05) is 44.5 Å². The van der Waals surface area contributed by atoms with E-state index in [-0.39, 0.29) is 5.91 Å². The van der Waals surface area contributed by atoms with Crippen LogP contribution in [0.15, 0.2) is 72.8 Å². The molecule has 0 aliphatic rings. The number of amides is 1. The second kappa shape index (κ2) is 13.7. The first-order valence-corrected chi connectivity index (χ1v) is 13.7. The molecule has 38 heavy (non-hydrogen) atoms. The number of aromatic nitrogens is 2. The van der Waals surface area contributed by atoms with Crippen molar-refractivity contribution in [3.05, 3.63) is 89.7 Å². The second-order valence-electron chi connectivity index (χ2n) is 9.69. The van der Waals surface area contributed by atoms with Gasteiger partial charge in [0.15, 0.2) is 0 Å². The highest BCUT2D eigenvalue weighted by molar-refractivity contribution is 5.94. The summed E-state index contributed by atoms with van der Waals surface area (Å²) in [5, 5.41) is 3.01. The van der Waals surface area contributed by atoms with E-state index in [1.54, 1.807) is 31.4 Å². The number of nitrogens with one attached hydrogen (secondary N) is 1. The Morgan fingerprint density at radius 1 is 0.947 bits per heavy atom. The van der Waals surface area contributed by atoms with Gasteiger partial charge in [0.25, 0.3) is 5.91 Å². The van der Waals surface area contributed by atoms with Gasteiger partial charge in [-0.3, -0.25) is 4.79 Å². The van der Waals surface area contributed by atoms with Crippen molar-refractivity contribution < 1.29 is 14.3 Å². The number of imidazole rings is 1. The molecule has 3 aromatic carbocycles. The zero-order valence-corrected chi connectivity index (χ0v) is 22.8. The summed E-state index contributed by atoms with van der Waals surface area (Å²) in [6.07, 6.45) is 4.99. The SMILES string of the molecule is CCC(C)c1ccc(OCCn2c(CCCCCNC(=O)c3ccc(OC)cc3)nc3ccccc32)cc1. The van der Waals surface area contributed by atoms with E-state index in [4.69, 9.17) is 14.5 Å². The van der Waals surface area contributed by atoms with E-state index < -0.39 is 0 Å². The first-order chi connectivity index (χ1) is 18.6. The number of para-hydroxylation sites is 2. The lowest BCUT2D eigenvalue weighted by molar-refractivity contribution is 0.0953. The highest BCUT2D eigenvalue weighted by Crippen LogP contribution is 2.22. The number of aryl methyl sites for hydroxylation is 1. The molecular weight excluding hydrogens is 474 g/mol. The van der Waals surface area contributed by atoms with E-state index >= 15 is 0 Å². The molecule has 1 unspecified atom stereocenters. The molecular formula is C32H39N3O3. The van der Waals surface area contributed by atoms with E-state index in [1.165, 1.54) is 5.56 Å². The molecule has 1 heterocycles. The zero-order chi connectivity index (χ0) is 26.7. The van der Waals surface area contributed by atoms with Crippen molar-refractivity contribution >= 4 is 16.9 Å². The number of hydrogen-bond donors (Lipinski definition) is 1. The van der Waals surface area contributed by atoms with E-state index in [2.05, 4.69) is 66.2 Å². The maximum Gasteiger partial charge on any atom is 0.251 e. The zero-order valence-electron chi connectivity index (χ0n) is 22.8. The Kier molecular flexibility index (Phi) is 9.79. The van der Waals surface area contributed by atoms with Crippen LogP contribution in [0.3, 0.4) is 0 Å². The lowest BCUT2D eigenvalue weighted by Gasteiger charge is -2.13. The Morgan fingerprint density at radius 3 is 2.42 bits per heavy atom. The minimum atomic E-state index is -0.0519. The quantitative estimate of drug-likeness (QED) is 0.189. The molecule has 0 fully saturated rings. The van der Waals surface area contributed by atoms with Gasteiger partial charge in [-0.25, -0.2) is 4.98 Å². The summed E-state index contributed by atoms with van der Waals surface area (Å²) in [6.45, 7) is 6.46. The molecule has 0 bridgehead atoms. The van der Waals surface area contributed by atoms with E-state index in [0.29, 0.717) is 24.6 Å². The first-order valence-electron chi connectivity index (χ1n) is 13.7. The molecule has 0 aliphatic heterocycles. The van der Waals surface area contributed by atoms with Gasteiger partial charge in [0, 0.05) is 18.5 Å². The predicted molar refractivity (Wildman–Crippen MR) is 153 cm³/mol. The summed E-state index contributed by atoms with van der Waals surface area (Å²) in [6, 6.07) is 23.9. The largest absolute Gasteiger partial charge is 0.497 e. The standard InChI is InChI=1S/C32H39N3O3/c1-4-24(2)25-13-19-28(20-14-25)38-23-22-35-30-11-8-7-10-29(30)34-31(35)12-6-5-9-21-33-32(36)26-15-17-27(37-3)18-16-26/h7-8,10-11,13-20,24H,4-6,9,12,21-23H2,1-3H3,(H,33,36). The molecule has 1 aromatic heterocycles. The molecule has 4 aromatic rings. The molecule has 1 amide bonds. The average Bonchev–Trinajstić information content (AvgIpc) is 3.32. The van der Waals surface area contributed by atoms with Crippen molar-refractivity contribution in [1.82, 2.24) is 14.9 Å². The maximum absolute atomic E-state index is 12.3. The number of carbonyl (C=O) groups excluding carboxylic acids is 1. The minimum Gasteiger partial charge on any atom is -0.497 e. The van der Waals surface area contributed by atoms with E-state index in [0.717, 1.165) is 67.0 Å². The molecule has 200 valence electrons. The van der Waals surface area contributed by atoms with Crippen LogP contribution in [0.4, 0.5) is 0 Å². The van der Waals surface area contributed by atoms with Gasteiger partial charge in [-0.15, -0.1) is 0 Å². The van der Waals surface area contributed by atoms with E-state index in [1.807, 2.05) is 6.07 Å². The van der Waals surface area contributed by atoms with Crippen LogP contribution in [0.5, 0.6) is 11.5 Å². The minimum absolute atomic E-state index is 0.0519. The molecule has 4 rings (SSSR count). The Bertz CT molecular complexity index is 1300. The molecule has 0 radical (unpaired) electrons. The highest BCUT2D eigenvalue weighted by Gasteiger charge is 2.11. The first kappa shape index (κ1) is 27.2. The Balaban J connectivity index is 1.25. The monoisotopic (exact) mass is 513 g/mol. The van der Waals surface area contributed by atoms with Crippen LogP contribution in [0, 0.1) is 0 Å². The third kappa shape index (κ3) is 7.15. The van der Waals surface area contributed by atoms with Crippen molar-refractivity contribution in [1.29, 1.82) is 0 Å². The van der Waals surface area contributed by atoms with Gasteiger partial charge < -0.3 is 19.4 Å². The number of nitrogens with zero attached hydrogens (tertiary/aromatic N) is 2. The molecule has 6 heteroatoms. The van der Waals surface area contributed by atoms with Crippen molar-refractivity contribution in [2.24, 2.45) is 0 Å². The third-order valence-corrected chi connectivity index (χ3v) is 7.09. The van der Waals surface area contributed by atoms with Crippen LogP contribution in [-0.4, -0.2) is 35.7 Å². The van der Waals surface area contributed by atoms with Crippen LogP contribution in [0.25, 0.3) is 11.0 Å². The van der Waals surface area contributed by atoms with Crippen LogP contribution in [0.1, 0.15) is 67.2 Å². The molecule has 1 N–H and O–H groups in total. The van der Waals surface area contributed by atoms with Gasteiger partial charge in [0.05, 0.1) is 24.7 Å². The topological polar surface area (TPSA) is 65.4 Å². The number of unbranched alkanes of at least 4 members (excludes halogenated alkanes) is 2. The Hall–Kier alpha value is -3.80. The average molecular weight is 514 g/mol. The van der Waals surface area contributed by atoms with Crippen LogP contribution < -0.4 is 14.8 Å². The summed E-state index contributed by atoms with van der Waals surface area (Å²) in [4.78, 5) is 17.2. The van der Waals surface area contributed by atoms with Crippen molar-refractivity contribution in [2.45, 2.75) is 58.4 Å². The molecule has 6 nitrogen and oxygen atoms in total. The second-order valence-corrected chi connectivity index (χ2v) is 9.69. The summed E-state index contributed by atoms with van der Waals surface area (Å²) >= 11 is 0. The summed E-state index contributed by atoms with van der Waals surface area (Å²) in [7, 11) is 1.62. The van der Waals surface area contributed by atoms with Gasteiger partial charge in [-0.05, 0) is 79.3 Å². The number of methoxy groups -OCH3 is 1. The number of carbonyl (C=O) groups is 1. The molecule has 1 atom stereocenters. The van der Waals surface area contributed by atoms with Crippen LogP contribution in [-0.2, 0) is 13.0 Å². The van der Waals surface area contributed by atoms with Crippen molar-refractivity contribution in [3.63, 3.8) is 0 Å². The lowest BCUT2D eigenvalue weighted by Crippen LogP contribution is -2.24. The lowest BCUT2D eigenvalue weighted by atomic mass is 9.99. The summed E-state index contributed by atoms with van der Waals surface area (Å²) in [5.74, 6) is 3.25. The predicted octanol–water partition coefficient (Wildman–Crippen LogP) is 6.78. The third-order valence-electron chi connectivity index (χ3n) is 7.09. The van der Waals surface area contributed by atoms with Crippen LogP contribution >= 0.6 is 0 Å². The summed E-state index contributed by atoms with van der Waals surface area (Å²) < 4.78 is 13.5. The van der Waals surface area contributed by atoms with Gasteiger partial charge >= 0.3 is 0 Å². The highest BCUT2D eigenvalue weighted by atomic mass is 16.5. The molecule has 0 saturated carbocycles. The number of hydrogen-bond acceptors (Lipinski definition) is 4. The maximum atomic E-state index is 12.3. The number of ether oxygens (including phenoxy) is 2.